The van der Waals surface area contributed by atoms with Crippen LogP contribution in [0.5, 0.6) is 11.5 Å². The zero-order valence-electron chi connectivity index (χ0n) is 13.3. The van der Waals surface area contributed by atoms with E-state index >= 15 is 0 Å². The molecule has 0 bridgehead atoms. The van der Waals surface area contributed by atoms with Crippen molar-refractivity contribution < 1.29 is 34.6 Å². The summed E-state index contributed by atoms with van der Waals surface area (Å²) >= 11 is 0. The van der Waals surface area contributed by atoms with Gasteiger partial charge in [-0.2, -0.15) is 0 Å². The molecule has 2 aromatic carbocycles. The molecule has 0 aliphatic heterocycles. The lowest BCUT2D eigenvalue weighted by Gasteiger charge is -1.95. The number of hydrogen-bond donors (Lipinski definition) is 2. The fourth-order valence-electron chi connectivity index (χ4n) is 1.01. The number of phenolic OH excluding ortho intramolecular Hbond substituents is 2. The summed E-state index contributed by atoms with van der Waals surface area (Å²) in [5.74, 6) is -1.08. The molecule has 25 heavy (non-hydrogen) atoms. The van der Waals surface area contributed by atoms with Crippen molar-refractivity contribution in [2.75, 3.05) is 0 Å². The van der Waals surface area contributed by atoms with Crippen molar-refractivity contribution in [2.45, 2.75) is 0 Å². The lowest BCUT2D eigenvalue weighted by Crippen LogP contribution is -2.06. The van der Waals surface area contributed by atoms with E-state index in [9.17, 15) is 9.59 Å². The molecule has 2 N–H and O–H groups in total. The Kier molecular flexibility index (Phi) is 12.0. The van der Waals surface area contributed by atoms with Gasteiger partial charge in [0, 0.05) is 17.2 Å². The Labute approximate surface area is 144 Å². The number of benzene rings is 2. The molecule has 0 saturated heterocycles. The van der Waals surface area contributed by atoms with Crippen molar-refractivity contribution in [1.82, 2.24) is 0 Å². The zero-order valence-corrected chi connectivity index (χ0v) is 13.3. The van der Waals surface area contributed by atoms with Crippen LogP contribution in [-0.2, 0) is 24.4 Å². The minimum Gasteiger partial charge on any atom is -0.508 e. The zero-order chi connectivity index (χ0) is 18.9. The standard InChI is InChI=1S/C6H6O5.2C6H6O/c1-3-5(7)9-11-10-6(8)4-2;2*7-6-4-2-1-3-5-6/h3-4H,1-2H2;2*1-5,7H. The Morgan fingerprint density at radius 2 is 1.04 bits per heavy atom. The van der Waals surface area contributed by atoms with Gasteiger partial charge in [-0.1, -0.05) is 49.6 Å². The minimum atomic E-state index is -0.859. The van der Waals surface area contributed by atoms with Crippen LogP contribution in [0.15, 0.2) is 86.0 Å². The SMILES string of the molecule is C=CC(=O)OOOC(=O)C=C.Oc1ccccc1.Oc1ccccc1. The highest BCUT2D eigenvalue weighted by molar-refractivity contribution is 5.81. The molecular weight excluding hydrogens is 328 g/mol. The molecule has 0 saturated carbocycles. The summed E-state index contributed by atoms with van der Waals surface area (Å²) in [6, 6.07) is 17.4. The van der Waals surface area contributed by atoms with E-state index in [1.807, 2.05) is 12.1 Å². The van der Waals surface area contributed by atoms with E-state index in [-0.39, 0.29) is 0 Å². The molecule has 7 heteroatoms. The molecule has 0 atom stereocenters. The third kappa shape index (κ3) is 13.8. The largest absolute Gasteiger partial charge is 0.508 e. The van der Waals surface area contributed by atoms with Crippen LogP contribution in [0.2, 0.25) is 0 Å². The van der Waals surface area contributed by atoms with Crippen LogP contribution in [0.3, 0.4) is 0 Å². The monoisotopic (exact) mass is 346 g/mol. The van der Waals surface area contributed by atoms with Crippen molar-refractivity contribution >= 4 is 11.9 Å². The highest BCUT2D eigenvalue weighted by Crippen LogP contribution is 2.03. The highest BCUT2D eigenvalue weighted by atomic mass is 17.5. The van der Waals surface area contributed by atoms with Crippen LogP contribution >= 0.6 is 0 Å². The van der Waals surface area contributed by atoms with E-state index in [1.165, 1.54) is 0 Å². The Morgan fingerprint density at radius 1 is 0.720 bits per heavy atom. The second-order valence-electron chi connectivity index (χ2n) is 3.95. The van der Waals surface area contributed by atoms with Gasteiger partial charge in [0.1, 0.15) is 11.5 Å². The Balaban J connectivity index is 0.000000358. The molecule has 2 aromatic rings. The number of carbonyl (C=O) groups excluding carboxylic acids is 2. The lowest BCUT2D eigenvalue weighted by molar-refractivity contribution is -0.455. The van der Waals surface area contributed by atoms with Crippen molar-refractivity contribution in [3.63, 3.8) is 0 Å². The summed E-state index contributed by atoms with van der Waals surface area (Å²) in [4.78, 5) is 28.0. The van der Waals surface area contributed by atoms with E-state index < -0.39 is 11.9 Å². The smallest absolute Gasteiger partial charge is 0.369 e. The summed E-state index contributed by atoms with van der Waals surface area (Å²) in [7, 11) is 0. The number of hydrogen-bond acceptors (Lipinski definition) is 7. The minimum absolute atomic E-state index is 0.322. The molecule has 7 nitrogen and oxygen atoms in total. The number of rotatable bonds is 4. The Hall–Kier alpha value is -3.58. The molecule has 0 aromatic heterocycles. The van der Waals surface area contributed by atoms with Gasteiger partial charge in [-0.3, -0.25) is 9.78 Å². The van der Waals surface area contributed by atoms with Gasteiger partial charge in [-0.15, -0.1) is 0 Å². The van der Waals surface area contributed by atoms with Gasteiger partial charge in [-0.05, 0) is 24.3 Å². The first-order valence-electron chi connectivity index (χ1n) is 6.81. The van der Waals surface area contributed by atoms with E-state index in [4.69, 9.17) is 10.2 Å². The van der Waals surface area contributed by atoms with E-state index in [0.29, 0.717) is 11.5 Å². The number of phenols is 2. The maximum absolute atomic E-state index is 10.2. The van der Waals surface area contributed by atoms with Gasteiger partial charge in [0.05, 0.1) is 0 Å². The second kappa shape index (κ2) is 14.0. The molecule has 0 radical (unpaired) electrons. The van der Waals surface area contributed by atoms with E-state index in [0.717, 1.165) is 12.2 Å². The summed E-state index contributed by atoms with van der Waals surface area (Å²) < 4.78 is 0. The Morgan fingerprint density at radius 3 is 1.24 bits per heavy atom. The van der Waals surface area contributed by atoms with Crippen LogP contribution in [0.1, 0.15) is 0 Å². The van der Waals surface area contributed by atoms with Crippen molar-refractivity contribution in [3.05, 3.63) is 86.0 Å². The molecule has 2 rings (SSSR count). The second-order valence-corrected chi connectivity index (χ2v) is 3.95. The first-order chi connectivity index (χ1) is 12.0. The summed E-state index contributed by atoms with van der Waals surface area (Å²) in [5.41, 5.74) is 0. The molecule has 0 spiro atoms. The summed E-state index contributed by atoms with van der Waals surface area (Å²) in [6.45, 7) is 6.13. The molecule has 0 aliphatic carbocycles. The van der Waals surface area contributed by atoms with Crippen molar-refractivity contribution in [1.29, 1.82) is 0 Å². The fraction of sp³-hybridized carbons (Fsp3) is 0. The molecule has 132 valence electrons. The fourth-order valence-corrected chi connectivity index (χ4v) is 1.01. The summed E-state index contributed by atoms with van der Waals surface area (Å²) in [6.07, 6.45) is 1.70. The quantitative estimate of drug-likeness (QED) is 0.498. The molecular formula is C18H18O7. The molecule has 0 fully saturated rings. The van der Waals surface area contributed by atoms with Crippen LogP contribution in [-0.4, -0.2) is 22.2 Å². The summed E-state index contributed by atoms with van der Waals surface area (Å²) in [5, 5.41) is 21.0. The van der Waals surface area contributed by atoms with Gasteiger partial charge in [0.15, 0.2) is 0 Å². The predicted molar refractivity (Wildman–Crippen MR) is 89.9 cm³/mol. The highest BCUT2D eigenvalue weighted by Gasteiger charge is 2.00. The maximum atomic E-state index is 10.2. The normalized spacial score (nSPS) is 8.32. The molecule has 0 heterocycles. The third-order valence-corrected chi connectivity index (χ3v) is 2.08. The van der Waals surface area contributed by atoms with Gasteiger partial charge in [-0.25, -0.2) is 9.59 Å². The van der Waals surface area contributed by atoms with Crippen molar-refractivity contribution in [3.8, 4) is 11.5 Å². The van der Waals surface area contributed by atoms with Crippen LogP contribution in [0.25, 0.3) is 0 Å². The molecule has 0 unspecified atom stereocenters. The third-order valence-electron chi connectivity index (χ3n) is 2.08. The number of para-hydroxylation sites is 2. The van der Waals surface area contributed by atoms with Crippen molar-refractivity contribution in [2.24, 2.45) is 0 Å². The van der Waals surface area contributed by atoms with Crippen LogP contribution < -0.4 is 0 Å². The van der Waals surface area contributed by atoms with Gasteiger partial charge in [0.2, 0.25) is 0 Å². The van der Waals surface area contributed by atoms with E-state index in [2.05, 4.69) is 28.0 Å². The molecule has 0 aliphatic rings. The van der Waals surface area contributed by atoms with Crippen LogP contribution in [0, 0.1) is 0 Å². The number of carbonyl (C=O) groups is 2. The average molecular weight is 346 g/mol. The maximum Gasteiger partial charge on any atom is 0.369 e. The number of aromatic hydroxyl groups is 2. The first-order valence-corrected chi connectivity index (χ1v) is 6.81. The van der Waals surface area contributed by atoms with Crippen LogP contribution in [0.4, 0.5) is 0 Å². The van der Waals surface area contributed by atoms with Gasteiger partial charge in [0.25, 0.3) is 0 Å². The van der Waals surface area contributed by atoms with Gasteiger partial charge < -0.3 is 10.2 Å². The van der Waals surface area contributed by atoms with E-state index in [1.54, 1.807) is 48.5 Å². The average Bonchev–Trinajstić information content (AvgIpc) is 2.63. The molecule has 0 amide bonds. The predicted octanol–water partition coefficient (Wildman–Crippen LogP) is 3.08. The Bertz CT molecular complexity index is 581. The van der Waals surface area contributed by atoms with Gasteiger partial charge >= 0.3 is 11.9 Å². The first kappa shape index (κ1) is 21.4. The topological polar surface area (TPSA) is 102 Å². The lowest BCUT2D eigenvalue weighted by atomic mass is 10.3.